The van der Waals surface area contributed by atoms with Crippen molar-refractivity contribution in [1.82, 2.24) is 20.4 Å². The van der Waals surface area contributed by atoms with Crippen LogP contribution in [0, 0.1) is 5.92 Å². The van der Waals surface area contributed by atoms with E-state index in [0.29, 0.717) is 23.8 Å². The standard InChI is InChI=1S/C38H47ClN4O4/c1-25(2)40-36(45)34(24-29-13-16-30-11-7-8-12-31(30)21-29)42-19-20-43(35(38(42)47)23-27-9-5-4-6-10-27)37(46)33(41-26(3)44)22-28-14-17-32(39)18-15-28/h7-8,11-18,21,25,27,33-35H,4-6,9-10,19-20,22-24H2,1-3H3,(H,40,45)(H,41,44). The number of carbonyl (C=O) groups excluding carboxylic acids is 4. The molecule has 5 rings (SSSR count). The number of hydrogen-bond donors (Lipinski definition) is 2. The molecule has 1 aliphatic carbocycles. The lowest BCUT2D eigenvalue weighted by Gasteiger charge is -2.45. The van der Waals surface area contributed by atoms with Crippen LogP contribution in [0.5, 0.6) is 0 Å². The maximum absolute atomic E-state index is 14.6. The highest BCUT2D eigenvalue weighted by atomic mass is 35.5. The third kappa shape index (κ3) is 8.92. The largest absolute Gasteiger partial charge is 0.352 e. The Bertz CT molecular complexity index is 1570. The number of carbonyl (C=O) groups is 4. The molecule has 1 aliphatic heterocycles. The van der Waals surface area contributed by atoms with Crippen LogP contribution in [0.4, 0.5) is 0 Å². The summed E-state index contributed by atoms with van der Waals surface area (Å²) in [4.78, 5) is 58.4. The summed E-state index contributed by atoms with van der Waals surface area (Å²) in [7, 11) is 0. The summed E-state index contributed by atoms with van der Waals surface area (Å²) in [6, 6.07) is 19.1. The summed E-state index contributed by atoms with van der Waals surface area (Å²) in [6.45, 7) is 5.73. The zero-order chi connectivity index (χ0) is 33.5. The summed E-state index contributed by atoms with van der Waals surface area (Å²) in [6.07, 6.45) is 6.61. The zero-order valence-electron chi connectivity index (χ0n) is 27.7. The summed E-state index contributed by atoms with van der Waals surface area (Å²) >= 11 is 6.09. The van der Waals surface area contributed by atoms with Gasteiger partial charge in [-0.15, -0.1) is 0 Å². The number of hydrogen-bond acceptors (Lipinski definition) is 4. The number of rotatable bonds is 11. The molecule has 0 spiro atoms. The molecular formula is C38H47ClN4O4. The first-order valence-electron chi connectivity index (χ1n) is 17.0. The Morgan fingerprint density at radius 1 is 0.851 bits per heavy atom. The topological polar surface area (TPSA) is 98.8 Å². The molecule has 2 aliphatic rings. The van der Waals surface area contributed by atoms with E-state index in [2.05, 4.69) is 28.8 Å². The highest BCUT2D eigenvalue weighted by molar-refractivity contribution is 6.30. The molecule has 0 bridgehead atoms. The third-order valence-electron chi connectivity index (χ3n) is 9.47. The maximum Gasteiger partial charge on any atom is 0.246 e. The van der Waals surface area contributed by atoms with Crippen LogP contribution in [0.15, 0.2) is 66.7 Å². The second-order valence-corrected chi connectivity index (χ2v) is 13.9. The van der Waals surface area contributed by atoms with Gasteiger partial charge in [0.2, 0.25) is 23.6 Å². The fraction of sp³-hybridized carbons (Fsp3) is 0.474. The average molecular weight is 659 g/mol. The van der Waals surface area contributed by atoms with Crippen LogP contribution in [0.2, 0.25) is 5.02 Å². The van der Waals surface area contributed by atoms with E-state index in [4.69, 9.17) is 11.6 Å². The second kappa shape index (κ2) is 15.8. The van der Waals surface area contributed by atoms with E-state index in [9.17, 15) is 19.2 Å². The predicted octanol–water partition coefficient (Wildman–Crippen LogP) is 5.69. The molecule has 9 heteroatoms. The first kappa shape index (κ1) is 34.4. The molecule has 2 fully saturated rings. The fourth-order valence-corrected chi connectivity index (χ4v) is 7.29. The molecule has 1 saturated carbocycles. The number of nitrogens with one attached hydrogen (secondary N) is 2. The van der Waals surface area contributed by atoms with E-state index in [0.717, 1.165) is 47.6 Å². The van der Waals surface area contributed by atoms with Crippen molar-refractivity contribution in [3.05, 3.63) is 82.9 Å². The number of benzene rings is 3. The van der Waals surface area contributed by atoms with Gasteiger partial charge in [0.1, 0.15) is 18.1 Å². The van der Waals surface area contributed by atoms with Crippen LogP contribution in [-0.4, -0.2) is 70.7 Å². The van der Waals surface area contributed by atoms with Crippen LogP contribution in [0.1, 0.15) is 70.4 Å². The highest BCUT2D eigenvalue weighted by Gasteiger charge is 2.44. The molecule has 47 heavy (non-hydrogen) atoms. The molecule has 2 N–H and O–H groups in total. The van der Waals surface area contributed by atoms with Gasteiger partial charge in [-0.05, 0) is 60.2 Å². The van der Waals surface area contributed by atoms with Crippen molar-refractivity contribution in [3.8, 4) is 0 Å². The number of piperazine rings is 1. The SMILES string of the molecule is CC(=O)NC(Cc1ccc(Cl)cc1)C(=O)N1CCN(C(Cc2ccc3ccccc3c2)C(=O)NC(C)C)C(=O)C1CC1CCCCC1. The molecule has 1 heterocycles. The Kier molecular flexibility index (Phi) is 11.6. The van der Waals surface area contributed by atoms with E-state index in [1.807, 2.05) is 50.2 Å². The molecule has 3 aromatic carbocycles. The van der Waals surface area contributed by atoms with Crippen LogP contribution >= 0.6 is 11.6 Å². The number of amides is 4. The minimum absolute atomic E-state index is 0.0936. The number of fused-ring (bicyclic) bond motifs is 1. The summed E-state index contributed by atoms with van der Waals surface area (Å²) in [5.74, 6) is -0.676. The van der Waals surface area contributed by atoms with Gasteiger partial charge in [0.25, 0.3) is 0 Å². The van der Waals surface area contributed by atoms with Crippen molar-refractivity contribution in [2.45, 2.75) is 96.3 Å². The molecule has 250 valence electrons. The smallest absolute Gasteiger partial charge is 0.246 e. The molecule has 1 saturated heterocycles. The lowest BCUT2D eigenvalue weighted by atomic mass is 9.83. The first-order chi connectivity index (χ1) is 22.6. The predicted molar refractivity (Wildman–Crippen MR) is 186 cm³/mol. The van der Waals surface area contributed by atoms with Crippen LogP contribution in [0.25, 0.3) is 10.8 Å². The Labute approximate surface area is 283 Å². The van der Waals surface area contributed by atoms with Crippen molar-refractivity contribution in [3.63, 3.8) is 0 Å². The van der Waals surface area contributed by atoms with Gasteiger partial charge >= 0.3 is 0 Å². The molecule has 0 radical (unpaired) electrons. The van der Waals surface area contributed by atoms with Gasteiger partial charge in [-0.2, -0.15) is 0 Å². The van der Waals surface area contributed by atoms with E-state index in [1.165, 1.54) is 13.3 Å². The highest BCUT2D eigenvalue weighted by Crippen LogP contribution is 2.32. The monoisotopic (exact) mass is 658 g/mol. The quantitative estimate of drug-likeness (QED) is 0.277. The lowest BCUT2D eigenvalue weighted by Crippen LogP contribution is -2.66. The van der Waals surface area contributed by atoms with Gasteiger partial charge in [0.05, 0.1) is 0 Å². The van der Waals surface area contributed by atoms with Gasteiger partial charge in [0.15, 0.2) is 0 Å². The minimum Gasteiger partial charge on any atom is -0.352 e. The van der Waals surface area contributed by atoms with Gasteiger partial charge in [-0.1, -0.05) is 98.3 Å². The van der Waals surface area contributed by atoms with Gasteiger partial charge in [-0.3, -0.25) is 19.2 Å². The van der Waals surface area contributed by atoms with Crippen molar-refractivity contribution in [2.24, 2.45) is 5.92 Å². The second-order valence-electron chi connectivity index (χ2n) is 13.5. The maximum atomic E-state index is 14.6. The van der Waals surface area contributed by atoms with Crippen molar-refractivity contribution < 1.29 is 19.2 Å². The van der Waals surface area contributed by atoms with E-state index >= 15 is 0 Å². The van der Waals surface area contributed by atoms with E-state index in [1.54, 1.807) is 21.9 Å². The molecule has 3 unspecified atom stereocenters. The van der Waals surface area contributed by atoms with Crippen molar-refractivity contribution in [2.75, 3.05) is 13.1 Å². The Balaban J connectivity index is 1.45. The minimum atomic E-state index is -0.834. The van der Waals surface area contributed by atoms with Crippen LogP contribution < -0.4 is 10.6 Å². The van der Waals surface area contributed by atoms with E-state index in [-0.39, 0.29) is 49.2 Å². The third-order valence-corrected chi connectivity index (χ3v) is 9.72. The molecule has 0 aromatic heterocycles. The number of halogens is 1. The Hall–Kier alpha value is -3.91. The molecule has 4 amide bonds. The van der Waals surface area contributed by atoms with Gasteiger partial charge in [0, 0.05) is 43.9 Å². The summed E-state index contributed by atoms with van der Waals surface area (Å²) in [5.41, 5.74) is 1.83. The first-order valence-corrected chi connectivity index (χ1v) is 17.4. The molecule has 3 aromatic rings. The van der Waals surface area contributed by atoms with Crippen LogP contribution in [-0.2, 0) is 32.0 Å². The number of nitrogens with zero attached hydrogens (tertiary/aromatic N) is 2. The molecule has 8 nitrogen and oxygen atoms in total. The van der Waals surface area contributed by atoms with Crippen molar-refractivity contribution in [1.29, 1.82) is 0 Å². The zero-order valence-corrected chi connectivity index (χ0v) is 28.5. The van der Waals surface area contributed by atoms with Crippen molar-refractivity contribution >= 4 is 46.0 Å². The van der Waals surface area contributed by atoms with E-state index < -0.39 is 18.1 Å². The summed E-state index contributed by atoms with van der Waals surface area (Å²) < 4.78 is 0. The van der Waals surface area contributed by atoms with Gasteiger partial charge < -0.3 is 20.4 Å². The fourth-order valence-electron chi connectivity index (χ4n) is 7.16. The van der Waals surface area contributed by atoms with Gasteiger partial charge in [-0.25, -0.2) is 0 Å². The molecule has 3 atom stereocenters. The lowest BCUT2D eigenvalue weighted by molar-refractivity contribution is -0.158. The normalized spacial score (nSPS) is 18.7. The summed E-state index contributed by atoms with van der Waals surface area (Å²) in [5, 5.41) is 8.68. The Morgan fingerprint density at radius 2 is 1.53 bits per heavy atom. The van der Waals surface area contributed by atoms with Crippen LogP contribution in [0.3, 0.4) is 0 Å². The Morgan fingerprint density at radius 3 is 2.21 bits per heavy atom. The average Bonchev–Trinajstić information content (AvgIpc) is 3.05. The molecular weight excluding hydrogens is 612 g/mol.